The van der Waals surface area contributed by atoms with E-state index in [1.54, 1.807) is 12.1 Å². The lowest BCUT2D eigenvalue weighted by Gasteiger charge is -2.41. The van der Waals surface area contributed by atoms with Crippen LogP contribution in [0.15, 0.2) is 18.2 Å². The first kappa shape index (κ1) is 19.3. The number of fused-ring (bicyclic) bond motifs is 1. The molecule has 4 aliphatic rings. The minimum atomic E-state index is -0.938. The molecule has 3 saturated heterocycles. The highest BCUT2D eigenvalue weighted by Gasteiger charge is 2.44. The molecule has 158 valence electrons. The summed E-state index contributed by atoms with van der Waals surface area (Å²) in [4.78, 5) is 52.9. The first-order valence-corrected chi connectivity index (χ1v) is 10.4. The van der Waals surface area contributed by atoms with Gasteiger partial charge in [0.15, 0.2) is 0 Å². The number of amides is 4. The van der Waals surface area contributed by atoms with Gasteiger partial charge in [-0.05, 0) is 30.5 Å². The average molecular weight is 412 g/mol. The third-order valence-electron chi connectivity index (χ3n) is 6.47. The van der Waals surface area contributed by atoms with Gasteiger partial charge in [-0.2, -0.15) is 0 Å². The molecule has 0 spiro atoms. The number of rotatable bonds is 5. The second-order valence-corrected chi connectivity index (χ2v) is 8.33. The molecule has 1 aromatic carbocycles. The minimum absolute atomic E-state index is 0.114. The van der Waals surface area contributed by atoms with Crippen LogP contribution in [-0.4, -0.2) is 77.9 Å². The first-order chi connectivity index (χ1) is 14.5. The van der Waals surface area contributed by atoms with Crippen molar-refractivity contribution >= 4 is 23.6 Å². The normalized spacial score (nSPS) is 26.9. The van der Waals surface area contributed by atoms with Crippen molar-refractivity contribution in [3.63, 3.8) is 0 Å². The predicted octanol–water partition coefficient (Wildman–Crippen LogP) is -0.349. The van der Waals surface area contributed by atoms with Crippen LogP contribution in [0.4, 0.5) is 0 Å². The number of carbonyl (C=O) groups is 4. The molecular formula is C21H24N4O5. The smallest absolute Gasteiger partial charge is 0.262 e. The molecule has 4 heterocycles. The van der Waals surface area contributed by atoms with Crippen LogP contribution in [0, 0.1) is 0 Å². The van der Waals surface area contributed by atoms with Gasteiger partial charge in [-0.15, -0.1) is 0 Å². The average Bonchev–Trinajstić information content (AvgIpc) is 3.29. The fraction of sp³-hybridized carbons (Fsp3) is 0.524. The predicted molar refractivity (Wildman–Crippen MR) is 105 cm³/mol. The zero-order valence-electron chi connectivity index (χ0n) is 16.6. The van der Waals surface area contributed by atoms with Gasteiger partial charge >= 0.3 is 0 Å². The number of imide groups is 2. The van der Waals surface area contributed by atoms with Gasteiger partial charge in [-0.25, -0.2) is 0 Å². The van der Waals surface area contributed by atoms with Gasteiger partial charge in [0, 0.05) is 44.7 Å². The van der Waals surface area contributed by atoms with Crippen LogP contribution >= 0.6 is 0 Å². The summed E-state index contributed by atoms with van der Waals surface area (Å²) in [6, 6.07) is 5.18. The molecule has 30 heavy (non-hydrogen) atoms. The zero-order chi connectivity index (χ0) is 20.8. The Kier molecular flexibility index (Phi) is 4.88. The molecule has 9 nitrogen and oxygen atoms in total. The molecule has 4 amide bonds. The molecule has 2 unspecified atom stereocenters. The maximum absolute atomic E-state index is 13.0. The molecule has 0 aliphatic carbocycles. The quantitative estimate of drug-likeness (QED) is 0.637. The highest BCUT2D eigenvalue weighted by molar-refractivity contribution is 6.23. The van der Waals surface area contributed by atoms with Crippen molar-refractivity contribution in [2.45, 2.75) is 43.9 Å². The number of hydrogen-bond donors (Lipinski definition) is 2. The maximum atomic E-state index is 13.0. The molecule has 9 heteroatoms. The molecule has 0 saturated carbocycles. The number of nitrogens with zero attached hydrogens (tertiary/aromatic N) is 2. The molecule has 0 radical (unpaired) electrons. The van der Waals surface area contributed by atoms with Crippen molar-refractivity contribution in [1.82, 2.24) is 20.4 Å². The maximum Gasteiger partial charge on any atom is 0.262 e. The Balaban J connectivity index is 1.38. The van der Waals surface area contributed by atoms with Gasteiger partial charge in [0.1, 0.15) is 6.04 Å². The van der Waals surface area contributed by atoms with Crippen molar-refractivity contribution in [3.8, 4) is 0 Å². The van der Waals surface area contributed by atoms with Crippen LogP contribution in [0.25, 0.3) is 0 Å². The number of carbonyl (C=O) groups excluding carboxylic acids is 4. The molecular weight excluding hydrogens is 388 g/mol. The third-order valence-corrected chi connectivity index (χ3v) is 6.47. The van der Waals surface area contributed by atoms with E-state index in [1.807, 2.05) is 6.07 Å². The SMILES string of the molecule is O=C1CCC(N2C(=O)c3ccc(CN(C4CNC4)C4CCOC4)cc3C2=O)C(=O)N1. The lowest BCUT2D eigenvalue weighted by atomic mass is 10.0. The largest absolute Gasteiger partial charge is 0.380 e. The van der Waals surface area contributed by atoms with E-state index in [0.29, 0.717) is 36.4 Å². The van der Waals surface area contributed by atoms with E-state index in [-0.39, 0.29) is 18.7 Å². The Hall–Kier alpha value is -2.62. The van der Waals surface area contributed by atoms with E-state index in [2.05, 4.69) is 15.5 Å². The van der Waals surface area contributed by atoms with Gasteiger partial charge in [0.2, 0.25) is 11.8 Å². The van der Waals surface area contributed by atoms with Crippen molar-refractivity contribution in [1.29, 1.82) is 0 Å². The molecule has 2 N–H and O–H groups in total. The number of hydrogen-bond acceptors (Lipinski definition) is 7. The summed E-state index contributed by atoms with van der Waals surface area (Å²) in [6.07, 6.45) is 1.26. The third kappa shape index (κ3) is 3.23. The summed E-state index contributed by atoms with van der Waals surface area (Å²) in [5.41, 5.74) is 1.60. The number of nitrogens with one attached hydrogen (secondary N) is 2. The van der Waals surface area contributed by atoms with Crippen LogP contribution in [0.5, 0.6) is 0 Å². The molecule has 5 rings (SSSR count). The molecule has 4 aliphatic heterocycles. The van der Waals surface area contributed by atoms with E-state index >= 15 is 0 Å². The van der Waals surface area contributed by atoms with E-state index < -0.39 is 23.8 Å². The summed E-state index contributed by atoms with van der Waals surface area (Å²) in [5.74, 6) is -1.91. The van der Waals surface area contributed by atoms with E-state index in [0.717, 1.165) is 36.6 Å². The summed E-state index contributed by atoms with van der Waals surface area (Å²) in [6.45, 7) is 4.01. The summed E-state index contributed by atoms with van der Waals surface area (Å²) in [5, 5.41) is 5.52. The van der Waals surface area contributed by atoms with Gasteiger partial charge in [-0.1, -0.05) is 6.07 Å². The van der Waals surface area contributed by atoms with Gasteiger partial charge in [0.25, 0.3) is 11.8 Å². The first-order valence-electron chi connectivity index (χ1n) is 10.4. The van der Waals surface area contributed by atoms with Crippen LogP contribution in [0.1, 0.15) is 45.5 Å². The van der Waals surface area contributed by atoms with Crippen molar-refractivity contribution in [2.75, 3.05) is 26.3 Å². The fourth-order valence-electron chi connectivity index (χ4n) is 4.68. The molecule has 0 bridgehead atoms. The number of piperidine rings is 1. The number of benzene rings is 1. The monoisotopic (exact) mass is 412 g/mol. The molecule has 2 atom stereocenters. The second-order valence-electron chi connectivity index (χ2n) is 8.33. The summed E-state index contributed by atoms with van der Waals surface area (Å²) in [7, 11) is 0. The minimum Gasteiger partial charge on any atom is -0.380 e. The van der Waals surface area contributed by atoms with Gasteiger partial charge in [-0.3, -0.25) is 34.3 Å². The standard InChI is InChI=1S/C21H24N4O5/c26-18-4-3-17(19(27)23-18)25-20(28)15-2-1-12(7-16(15)21(25)29)10-24(14-8-22-9-14)13-5-6-30-11-13/h1-2,7,13-14,17,22H,3-6,8-11H2,(H,23,26,27). The van der Waals surface area contributed by atoms with E-state index in [9.17, 15) is 19.2 Å². The highest BCUT2D eigenvalue weighted by atomic mass is 16.5. The zero-order valence-corrected chi connectivity index (χ0v) is 16.6. The lowest BCUT2D eigenvalue weighted by Crippen LogP contribution is -2.59. The summed E-state index contributed by atoms with van der Waals surface area (Å²) < 4.78 is 5.57. The van der Waals surface area contributed by atoms with E-state index in [1.165, 1.54) is 0 Å². The van der Waals surface area contributed by atoms with E-state index in [4.69, 9.17) is 4.74 Å². The fourth-order valence-corrected chi connectivity index (χ4v) is 4.68. The lowest BCUT2D eigenvalue weighted by molar-refractivity contribution is -0.136. The Morgan fingerprint density at radius 1 is 1.03 bits per heavy atom. The second kappa shape index (κ2) is 7.57. The Bertz CT molecular complexity index is 922. The van der Waals surface area contributed by atoms with Crippen molar-refractivity contribution in [2.24, 2.45) is 0 Å². The van der Waals surface area contributed by atoms with Crippen LogP contribution in [0.2, 0.25) is 0 Å². The topological polar surface area (TPSA) is 108 Å². The molecule has 3 fully saturated rings. The Morgan fingerprint density at radius 3 is 2.50 bits per heavy atom. The van der Waals surface area contributed by atoms with Crippen molar-refractivity contribution in [3.05, 3.63) is 34.9 Å². The number of ether oxygens (including phenoxy) is 1. The van der Waals surface area contributed by atoms with Crippen LogP contribution < -0.4 is 10.6 Å². The van der Waals surface area contributed by atoms with Crippen LogP contribution in [0.3, 0.4) is 0 Å². The van der Waals surface area contributed by atoms with Gasteiger partial charge in [0.05, 0.1) is 17.7 Å². The Labute approximate surface area is 173 Å². The van der Waals surface area contributed by atoms with Crippen molar-refractivity contribution < 1.29 is 23.9 Å². The van der Waals surface area contributed by atoms with Crippen LogP contribution in [-0.2, 0) is 20.9 Å². The molecule has 0 aromatic heterocycles. The van der Waals surface area contributed by atoms with Gasteiger partial charge < -0.3 is 10.1 Å². The molecule has 1 aromatic rings. The Morgan fingerprint density at radius 2 is 1.83 bits per heavy atom. The summed E-state index contributed by atoms with van der Waals surface area (Å²) >= 11 is 0. The highest BCUT2D eigenvalue weighted by Crippen LogP contribution is 2.29.